The molecule has 3 heteroatoms. The molecule has 0 radical (unpaired) electrons. The van der Waals surface area contributed by atoms with E-state index in [4.69, 9.17) is 9.47 Å². The maximum absolute atomic E-state index is 11.4. The molecule has 2 heterocycles. The van der Waals surface area contributed by atoms with Crippen LogP contribution in [-0.4, -0.2) is 24.8 Å². The zero-order chi connectivity index (χ0) is 9.42. The molecule has 0 saturated carbocycles. The van der Waals surface area contributed by atoms with E-state index in [0.29, 0.717) is 6.61 Å². The van der Waals surface area contributed by atoms with Crippen molar-refractivity contribution < 1.29 is 14.3 Å². The Balaban J connectivity index is 2.13. The number of rotatable bonds is 2. The predicted molar refractivity (Wildman–Crippen MR) is 47.1 cm³/mol. The van der Waals surface area contributed by atoms with Gasteiger partial charge in [-0.05, 0) is 12.5 Å². The van der Waals surface area contributed by atoms with Crippen molar-refractivity contribution >= 4 is 5.97 Å². The lowest BCUT2D eigenvalue weighted by atomic mass is 9.90. The van der Waals surface area contributed by atoms with Crippen molar-refractivity contribution in [1.29, 1.82) is 0 Å². The summed E-state index contributed by atoms with van der Waals surface area (Å²) in [6.07, 6.45) is 3.62. The number of hydrogen-bond acceptors (Lipinski definition) is 3. The number of esters is 1. The molecule has 0 aromatic heterocycles. The molecular weight excluding hydrogens is 168 g/mol. The van der Waals surface area contributed by atoms with Gasteiger partial charge in [-0.25, -0.2) is 0 Å². The summed E-state index contributed by atoms with van der Waals surface area (Å²) >= 11 is 0. The Morgan fingerprint density at radius 1 is 1.69 bits per heavy atom. The highest BCUT2D eigenvalue weighted by Gasteiger charge is 2.45. The first-order valence-corrected chi connectivity index (χ1v) is 4.43. The monoisotopic (exact) mass is 180 g/mol. The molecule has 2 aliphatic heterocycles. The molecule has 2 rings (SSSR count). The van der Waals surface area contributed by atoms with Crippen molar-refractivity contribution in [3.63, 3.8) is 0 Å². The van der Waals surface area contributed by atoms with Gasteiger partial charge in [0.25, 0.3) is 0 Å². The summed E-state index contributed by atoms with van der Waals surface area (Å²) in [5.41, 5.74) is 0.825. The number of carbonyl (C=O) groups excluding carboxylic acids is 1. The van der Waals surface area contributed by atoms with Gasteiger partial charge in [0.2, 0.25) is 0 Å². The molecule has 1 saturated heterocycles. The van der Waals surface area contributed by atoms with Gasteiger partial charge in [0.1, 0.15) is 5.92 Å². The van der Waals surface area contributed by atoms with E-state index < -0.39 is 0 Å². The number of ether oxygens (including phenoxy) is 2. The smallest absolute Gasteiger partial charge is 0.316 e. The van der Waals surface area contributed by atoms with Gasteiger partial charge in [-0.2, -0.15) is 0 Å². The summed E-state index contributed by atoms with van der Waals surface area (Å²) in [5.74, 6) is -0.501. The van der Waals surface area contributed by atoms with E-state index >= 15 is 0 Å². The lowest BCUT2D eigenvalue weighted by molar-refractivity contribution is -0.147. The van der Waals surface area contributed by atoms with Crippen LogP contribution >= 0.6 is 0 Å². The number of fused-ring (bicyclic) bond motifs is 2. The standard InChI is InChI=1S/C10H12O3/c1-3-12-10(11)9-6(2)7-4-5-8(9)13-7/h4-5,7-9H,2-3H2,1H3/t7-,8+,9+/m0/s1. The highest BCUT2D eigenvalue weighted by atomic mass is 16.5. The van der Waals surface area contributed by atoms with Gasteiger partial charge in [-0.1, -0.05) is 18.7 Å². The quantitative estimate of drug-likeness (QED) is 0.471. The van der Waals surface area contributed by atoms with Gasteiger partial charge in [-0.3, -0.25) is 4.79 Å². The molecule has 2 bridgehead atoms. The Labute approximate surface area is 77.0 Å². The highest BCUT2D eigenvalue weighted by molar-refractivity contribution is 5.78. The summed E-state index contributed by atoms with van der Waals surface area (Å²) in [5, 5.41) is 0. The molecule has 13 heavy (non-hydrogen) atoms. The van der Waals surface area contributed by atoms with Crippen LogP contribution in [-0.2, 0) is 14.3 Å². The second kappa shape index (κ2) is 3.00. The van der Waals surface area contributed by atoms with Crippen LogP contribution in [0.15, 0.2) is 24.3 Å². The zero-order valence-electron chi connectivity index (χ0n) is 7.53. The fraction of sp³-hybridized carbons (Fsp3) is 0.500. The summed E-state index contributed by atoms with van der Waals surface area (Å²) in [4.78, 5) is 11.4. The predicted octanol–water partition coefficient (Wildman–Crippen LogP) is 1.06. The van der Waals surface area contributed by atoms with Gasteiger partial charge in [0.15, 0.2) is 0 Å². The first-order chi connectivity index (χ1) is 6.24. The van der Waals surface area contributed by atoms with Gasteiger partial charge >= 0.3 is 5.97 Å². The Morgan fingerprint density at radius 3 is 3.00 bits per heavy atom. The summed E-state index contributed by atoms with van der Waals surface area (Å²) in [7, 11) is 0. The van der Waals surface area contributed by atoms with E-state index in [1.165, 1.54) is 0 Å². The molecular formula is C10H12O3. The Hall–Kier alpha value is -1.09. The molecule has 0 spiro atoms. The largest absolute Gasteiger partial charge is 0.465 e. The Kier molecular flexibility index (Phi) is 1.96. The maximum Gasteiger partial charge on any atom is 0.316 e. The average Bonchev–Trinajstić information content (AvgIpc) is 2.63. The zero-order valence-corrected chi connectivity index (χ0v) is 7.53. The van der Waals surface area contributed by atoms with Crippen LogP contribution in [0.3, 0.4) is 0 Å². The molecule has 0 unspecified atom stereocenters. The van der Waals surface area contributed by atoms with E-state index in [9.17, 15) is 4.79 Å². The SMILES string of the molecule is C=C1[C@@H](C(=O)OCC)[C@H]2C=C[C@@H]1O2. The van der Waals surface area contributed by atoms with Crippen LogP contribution in [0, 0.1) is 5.92 Å². The number of carbonyl (C=O) groups is 1. The molecule has 0 aliphatic carbocycles. The first-order valence-electron chi connectivity index (χ1n) is 4.43. The Morgan fingerprint density at radius 2 is 2.46 bits per heavy atom. The topological polar surface area (TPSA) is 35.5 Å². The van der Waals surface area contributed by atoms with Crippen LogP contribution in [0.25, 0.3) is 0 Å². The third-order valence-electron chi connectivity index (χ3n) is 2.41. The summed E-state index contributed by atoms with van der Waals surface area (Å²) < 4.78 is 10.4. The van der Waals surface area contributed by atoms with Crippen molar-refractivity contribution in [2.75, 3.05) is 6.61 Å². The van der Waals surface area contributed by atoms with Crippen LogP contribution in [0.1, 0.15) is 6.92 Å². The van der Waals surface area contributed by atoms with E-state index in [0.717, 1.165) is 5.57 Å². The second-order valence-corrected chi connectivity index (χ2v) is 3.21. The van der Waals surface area contributed by atoms with Crippen molar-refractivity contribution in [3.05, 3.63) is 24.3 Å². The summed E-state index contributed by atoms with van der Waals surface area (Å²) in [6, 6.07) is 0. The minimum absolute atomic E-state index is 0.0700. The van der Waals surface area contributed by atoms with E-state index in [2.05, 4.69) is 6.58 Å². The molecule has 1 fully saturated rings. The van der Waals surface area contributed by atoms with Gasteiger partial charge in [0, 0.05) is 0 Å². The lowest BCUT2D eigenvalue weighted by Gasteiger charge is -2.15. The third kappa shape index (κ3) is 1.20. The Bertz CT molecular complexity index is 280. The van der Waals surface area contributed by atoms with E-state index in [1.54, 1.807) is 6.92 Å². The van der Waals surface area contributed by atoms with Crippen LogP contribution in [0.2, 0.25) is 0 Å². The third-order valence-corrected chi connectivity index (χ3v) is 2.41. The number of hydrogen-bond donors (Lipinski definition) is 0. The maximum atomic E-state index is 11.4. The average molecular weight is 180 g/mol. The first kappa shape index (κ1) is 8.51. The molecule has 3 nitrogen and oxygen atoms in total. The van der Waals surface area contributed by atoms with Crippen LogP contribution < -0.4 is 0 Å². The fourth-order valence-electron chi connectivity index (χ4n) is 1.78. The lowest BCUT2D eigenvalue weighted by Crippen LogP contribution is -2.26. The molecule has 3 atom stereocenters. The summed E-state index contributed by atoms with van der Waals surface area (Å²) in [6.45, 7) is 6.05. The van der Waals surface area contributed by atoms with Gasteiger partial charge < -0.3 is 9.47 Å². The molecule has 70 valence electrons. The van der Waals surface area contributed by atoms with Crippen LogP contribution in [0.4, 0.5) is 0 Å². The van der Waals surface area contributed by atoms with Gasteiger partial charge in [-0.15, -0.1) is 0 Å². The molecule has 0 aromatic rings. The fourth-order valence-corrected chi connectivity index (χ4v) is 1.78. The van der Waals surface area contributed by atoms with Crippen molar-refractivity contribution in [3.8, 4) is 0 Å². The molecule has 0 amide bonds. The second-order valence-electron chi connectivity index (χ2n) is 3.21. The normalized spacial score (nSPS) is 35.5. The van der Waals surface area contributed by atoms with E-state index in [1.807, 2.05) is 12.2 Å². The van der Waals surface area contributed by atoms with Gasteiger partial charge in [0.05, 0.1) is 18.8 Å². The van der Waals surface area contributed by atoms with Crippen molar-refractivity contribution in [2.24, 2.45) is 5.92 Å². The van der Waals surface area contributed by atoms with E-state index in [-0.39, 0.29) is 24.1 Å². The molecule has 0 N–H and O–H groups in total. The van der Waals surface area contributed by atoms with Crippen molar-refractivity contribution in [1.82, 2.24) is 0 Å². The molecule has 0 aromatic carbocycles. The minimum Gasteiger partial charge on any atom is -0.465 e. The highest BCUT2D eigenvalue weighted by Crippen LogP contribution is 2.37. The van der Waals surface area contributed by atoms with Crippen molar-refractivity contribution in [2.45, 2.75) is 19.1 Å². The van der Waals surface area contributed by atoms with Crippen LogP contribution in [0.5, 0.6) is 0 Å². The molecule has 2 aliphatic rings. The minimum atomic E-state index is -0.282.